The summed E-state index contributed by atoms with van der Waals surface area (Å²) >= 11 is 6.02. The standard InChI is InChI=1S/C17H16ClNO2/c1-2-17(16(20)21)14(11-6-4-3-5-7-11)15(17)12-8-13(18)10-19-9-12/h3-10,14-15H,2H2,1H3,(H,20,21). The van der Waals surface area contributed by atoms with Crippen LogP contribution in [0.1, 0.15) is 36.3 Å². The summed E-state index contributed by atoms with van der Waals surface area (Å²) in [7, 11) is 0. The molecule has 0 saturated heterocycles. The zero-order valence-electron chi connectivity index (χ0n) is 11.7. The minimum atomic E-state index is -0.756. The maximum Gasteiger partial charge on any atom is 0.310 e. The van der Waals surface area contributed by atoms with E-state index in [2.05, 4.69) is 4.98 Å². The molecule has 3 rings (SSSR count). The van der Waals surface area contributed by atoms with E-state index in [1.54, 1.807) is 12.4 Å². The van der Waals surface area contributed by atoms with Crippen LogP contribution in [0.4, 0.5) is 0 Å². The van der Waals surface area contributed by atoms with E-state index in [1.165, 1.54) is 0 Å². The van der Waals surface area contributed by atoms with Crippen LogP contribution in [-0.2, 0) is 4.79 Å². The number of nitrogens with zero attached hydrogens (tertiary/aromatic N) is 1. The van der Waals surface area contributed by atoms with E-state index in [-0.39, 0.29) is 11.8 Å². The number of hydrogen-bond donors (Lipinski definition) is 1. The molecule has 1 aliphatic carbocycles. The molecule has 1 aliphatic rings. The van der Waals surface area contributed by atoms with Crippen molar-refractivity contribution in [1.82, 2.24) is 4.98 Å². The van der Waals surface area contributed by atoms with Crippen molar-refractivity contribution >= 4 is 17.6 Å². The summed E-state index contributed by atoms with van der Waals surface area (Å²) < 4.78 is 0. The third-order valence-electron chi connectivity index (χ3n) is 4.56. The van der Waals surface area contributed by atoms with Crippen LogP contribution in [0.2, 0.25) is 5.02 Å². The van der Waals surface area contributed by atoms with Gasteiger partial charge < -0.3 is 5.11 Å². The fraction of sp³-hybridized carbons (Fsp3) is 0.294. The lowest BCUT2D eigenvalue weighted by Gasteiger charge is -2.10. The molecule has 108 valence electrons. The van der Waals surface area contributed by atoms with Crippen LogP contribution >= 0.6 is 11.6 Å². The molecule has 0 spiro atoms. The van der Waals surface area contributed by atoms with E-state index in [9.17, 15) is 9.90 Å². The van der Waals surface area contributed by atoms with Crippen molar-refractivity contribution in [3.63, 3.8) is 0 Å². The topological polar surface area (TPSA) is 50.2 Å². The monoisotopic (exact) mass is 301 g/mol. The highest BCUT2D eigenvalue weighted by atomic mass is 35.5. The molecule has 0 aliphatic heterocycles. The number of hydrogen-bond acceptors (Lipinski definition) is 2. The van der Waals surface area contributed by atoms with Crippen LogP contribution in [0.3, 0.4) is 0 Å². The summed E-state index contributed by atoms with van der Waals surface area (Å²) in [6.45, 7) is 1.93. The molecule has 3 nitrogen and oxygen atoms in total. The Morgan fingerprint density at radius 3 is 2.48 bits per heavy atom. The molecular formula is C17H16ClNO2. The van der Waals surface area contributed by atoms with Crippen molar-refractivity contribution in [2.75, 3.05) is 0 Å². The maximum atomic E-state index is 11.9. The van der Waals surface area contributed by atoms with Crippen molar-refractivity contribution in [3.05, 3.63) is 64.9 Å². The molecule has 0 bridgehead atoms. The van der Waals surface area contributed by atoms with Crippen LogP contribution in [0, 0.1) is 5.41 Å². The molecule has 4 heteroatoms. The van der Waals surface area contributed by atoms with Crippen LogP contribution in [0.5, 0.6) is 0 Å². The largest absolute Gasteiger partial charge is 0.481 e. The van der Waals surface area contributed by atoms with Gasteiger partial charge in [-0.15, -0.1) is 0 Å². The highest BCUT2D eigenvalue weighted by molar-refractivity contribution is 6.30. The first-order chi connectivity index (χ1) is 10.1. The van der Waals surface area contributed by atoms with E-state index in [0.717, 1.165) is 11.1 Å². The lowest BCUT2D eigenvalue weighted by Crippen LogP contribution is -2.17. The van der Waals surface area contributed by atoms with Gasteiger partial charge in [0.1, 0.15) is 0 Å². The summed E-state index contributed by atoms with van der Waals surface area (Å²) in [5.74, 6) is -0.848. The molecule has 0 amide bonds. The van der Waals surface area contributed by atoms with E-state index in [4.69, 9.17) is 11.6 Å². The average molecular weight is 302 g/mol. The summed E-state index contributed by atoms with van der Waals surface area (Å²) in [5, 5.41) is 10.3. The van der Waals surface area contributed by atoms with Crippen LogP contribution < -0.4 is 0 Å². The summed E-state index contributed by atoms with van der Waals surface area (Å²) in [6, 6.07) is 11.7. The van der Waals surface area contributed by atoms with E-state index in [0.29, 0.717) is 11.4 Å². The molecule has 3 unspecified atom stereocenters. The highest BCUT2D eigenvalue weighted by Crippen LogP contribution is 2.72. The number of aromatic nitrogens is 1. The van der Waals surface area contributed by atoms with E-state index < -0.39 is 11.4 Å². The van der Waals surface area contributed by atoms with Gasteiger partial charge in [0.25, 0.3) is 0 Å². The molecule has 1 aromatic heterocycles. The number of carboxylic acids is 1. The Morgan fingerprint density at radius 2 is 1.90 bits per heavy atom. The Labute approximate surface area is 128 Å². The Kier molecular flexibility index (Phi) is 3.46. The van der Waals surface area contributed by atoms with Crippen LogP contribution in [-0.4, -0.2) is 16.1 Å². The van der Waals surface area contributed by atoms with Gasteiger partial charge in [0, 0.05) is 24.2 Å². The van der Waals surface area contributed by atoms with E-state index in [1.807, 2.05) is 43.3 Å². The number of pyridine rings is 1. The number of carboxylic acid groups (broad SMARTS) is 1. The Hall–Kier alpha value is -1.87. The first-order valence-electron chi connectivity index (χ1n) is 7.00. The van der Waals surface area contributed by atoms with Gasteiger partial charge in [-0.1, -0.05) is 48.9 Å². The molecule has 21 heavy (non-hydrogen) atoms. The Balaban J connectivity index is 2.07. The minimum Gasteiger partial charge on any atom is -0.481 e. The zero-order valence-corrected chi connectivity index (χ0v) is 12.4. The summed E-state index contributed by atoms with van der Waals surface area (Å²) in [4.78, 5) is 16.0. The molecule has 3 atom stereocenters. The quantitative estimate of drug-likeness (QED) is 0.925. The Morgan fingerprint density at radius 1 is 1.24 bits per heavy atom. The van der Waals surface area contributed by atoms with Crippen molar-refractivity contribution in [1.29, 1.82) is 0 Å². The number of rotatable bonds is 4. The third-order valence-corrected chi connectivity index (χ3v) is 4.77. The van der Waals surface area contributed by atoms with Gasteiger partial charge >= 0.3 is 5.97 Å². The average Bonchev–Trinajstić information content (AvgIpc) is 3.19. The molecule has 1 fully saturated rings. The van der Waals surface area contributed by atoms with Crippen molar-refractivity contribution < 1.29 is 9.90 Å². The van der Waals surface area contributed by atoms with Crippen molar-refractivity contribution in [2.45, 2.75) is 25.2 Å². The second-order valence-electron chi connectivity index (χ2n) is 5.50. The predicted molar refractivity (Wildman–Crippen MR) is 81.5 cm³/mol. The lowest BCUT2D eigenvalue weighted by molar-refractivity contribution is -0.143. The zero-order chi connectivity index (χ0) is 15.0. The van der Waals surface area contributed by atoms with Crippen molar-refractivity contribution in [3.8, 4) is 0 Å². The van der Waals surface area contributed by atoms with E-state index >= 15 is 0 Å². The van der Waals surface area contributed by atoms with Gasteiger partial charge in [-0.25, -0.2) is 0 Å². The van der Waals surface area contributed by atoms with Gasteiger partial charge in [0.05, 0.1) is 10.4 Å². The molecule has 1 N–H and O–H groups in total. The number of halogens is 1. The first-order valence-corrected chi connectivity index (χ1v) is 7.38. The maximum absolute atomic E-state index is 11.9. The molecule has 1 heterocycles. The number of aliphatic carboxylic acids is 1. The fourth-order valence-corrected chi connectivity index (χ4v) is 3.72. The normalized spacial score (nSPS) is 27.3. The molecule has 0 radical (unpaired) electrons. The minimum absolute atomic E-state index is 0.0264. The molecule has 1 aromatic carbocycles. The predicted octanol–water partition coefficient (Wildman–Crippen LogP) is 4.10. The van der Waals surface area contributed by atoms with Gasteiger partial charge in [-0.2, -0.15) is 0 Å². The van der Waals surface area contributed by atoms with Crippen LogP contribution in [0.25, 0.3) is 0 Å². The fourth-order valence-electron chi connectivity index (χ4n) is 3.54. The van der Waals surface area contributed by atoms with Gasteiger partial charge in [0.2, 0.25) is 0 Å². The summed E-state index contributed by atoms with van der Waals surface area (Å²) in [6.07, 6.45) is 3.88. The first kappa shape index (κ1) is 14.1. The second-order valence-corrected chi connectivity index (χ2v) is 5.94. The second kappa shape index (κ2) is 5.15. The van der Waals surface area contributed by atoms with Gasteiger partial charge in [-0.3, -0.25) is 9.78 Å². The third kappa shape index (κ3) is 2.12. The number of benzene rings is 1. The SMILES string of the molecule is CCC1(C(=O)O)C(c2ccccc2)C1c1cncc(Cl)c1. The van der Waals surface area contributed by atoms with Crippen molar-refractivity contribution in [2.24, 2.45) is 5.41 Å². The Bertz CT molecular complexity index is 674. The molecule has 1 saturated carbocycles. The lowest BCUT2D eigenvalue weighted by atomic mass is 9.95. The molecule has 2 aromatic rings. The number of carbonyl (C=O) groups is 1. The van der Waals surface area contributed by atoms with Crippen LogP contribution in [0.15, 0.2) is 48.8 Å². The van der Waals surface area contributed by atoms with Gasteiger partial charge in [-0.05, 0) is 23.6 Å². The smallest absolute Gasteiger partial charge is 0.310 e. The van der Waals surface area contributed by atoms with Gasteiger partial charge in [0.15, 0.2) is 0 Å². The molecular weight excluding hydrogens is 286 g/mol. The summed E-state index contributed by atoms with van der Waals surface area (Å²) in [5.41, 5.74) is 1.21. The highest BCUT2D eigenvalue weighted by Gasteiger charge is 2.69.